The summed E-state index contributed by atoms with van der Waals surface area (Å²) in [5, 5.41) is 3.47. The van der Waals surface area contributed by atoms with Crippen molar-refractivity contribution >= 4 is 34.3 Å². The average Bonchev–Trinajstić information content (AvgIpc) is 3.34. The van der Waals surface area contributed by atoms with E-state index in [0.717, 1.165) is 43.2 Å². The molecule has 29 heavy (non-hydrogen) atoms. The van der Waals surface area contributed by atoms with Gasteiger partial charge < -0.3 is 19.5 Å². The zero-order valence-electron chi connectivity index (χ0n) is 16.3. The average molecular weight is 413 g/mol. The Hall–Kier alpha value is -2.80. The minimum atomic E-state index is -0.346. The standard InChI is InChI=1S/C22H23NO5S/c1-2-11-26-22(25)20-15-5-3-4-6-18(15)29-21(20)23-19(24)10-8-14-7-9-16-17(12-14)28-13-27-16/h7-10,12H,2-6,11,13H2,1H3,(H,23,24)/b10-8+. The molecule has 6 nitrogen and oxygen atoms in total. The maximum absolute atomic E-state index is 12.6. The molecular formula is C22H23NO5S. The Morgan fingerprint density at radius 1 is 1.21 bits per heavy atom. The fourth-order valence-corrected chi connectivity index (χ4v) is 4.76. The molecule has 1 N–H and O–H groups in total. The van der Waals surface area contributed by atoms with Crippen LogP contribution in [0.5, 0.6) is 11.5 Å². The molecule has 152 valence electrons. The highest BCUT2D eigenvalue weighted by molar-refractivity contribution is 7.17. The molecule has 0 radical (unpaired) electrons. The highest BCUT2D eigenvalue weighted by Gasteiger charge is 2.27. The first-order valence-corrected chi connectivity index (χ1v) is 10.7. The van der Waals surface area contributed by atoms with Gasteiger partial charge >= 0.3 is 5.97 Å². The van der Waals surface area contributed by atoms with Gasteiger partial charge in [0, 0.05) is 11.0 Å². The van der Waals surface area contributed by atoms with Crippen molar-refractivity contribution in [3.8, 4) is 11.5 Å². The molecule has 0 bridgehead atoms. The molecule has 0 spiro atoms. The van der Waals surface area contributed by atoms with Crippen molar-refractivity contribution in [1.82, 2.24) is 0 Å². The second-order valence-corrected chi connectivity index (χ2v) is 8.09. The Balaban J connectivity index is 1.51. The second kappa shape index (κ2) is 8.69. The van der Waals surface area contributed by atoms with E-state index in [1.54, 1.807) is 6.08 Å². The number of amides is 1. The number of benzene rings is 1. The van der Waals surface area contributed by atoms with Crippen LogP contribution in [0.3, 0.4) is 0 Å². The number of fused-ring (bicyclic) bond motifs is 2. The lowest BCUT2D eigenvalue weighted by Gasteiger charge is -2.12. The Labute approximate surface area is 173 Å². The van der Waals surface area contributed by atoms with Gasteiger partial charge in [-0.2, -0.15) is 0 Å². The summed E-state index contributed by atoms with van der Waals surface area (Å²) in [6, 6.07) is 5.49. The summed E-state index contributed by atoms with van der Waals surface area (Å²) in [4.78, 5) is 26.3. The molecule has 4 rings (SSSR count). The predicted octanol–water partition coefficient (Wildman–Crippen LogP) is 4.57. The third-order valence-electron chi connectivity index (χ3n) is 4.87. The Kier molecular flexibility index (Phi) is 5.85. The van der Waals surface area contributed by atoms with Crippen LogP contribution in [0.1, 0.15) is 52.5 Å². The van der Waals surface area contributed by atoms with Crippen LogP contribution >= 0.6 is 11.3 Å². The SMILES string of the molecule is CCCOC(=O)c1c(NC(=O)/C=C/c2ccc3c(c2)OCO3)sc2c1CCCC2. The van der Waals surface area contributed by atoms with Gasteiger partial charge in [-0.15, -0.1) is 11.3 Å². The summed E-state index contributed by atoms with van der Waals surface area (Å²) in [5.74, 6) is 0.734. The number of aryl methyl sites for hydroxylation is 1. The predicted molar refractivity (Wildman–Crippen MR) is 112 cm³/mol. The lowest BCUT2D eigenvalue weighted by Crippen LogP contribution is -2.14. The first-order chi connectivity index (χ1) is 14.2. The number of hydrogen-bond acceptors (Lipinski definition) is 6. The largest absolute Gasteiger partial charge is 0.462 e. The molecule has 2 heterocycles. The first kappa shape index (κ1) is 19.5. The monoisotopic (exact) mass is 413 g/mol. The minimum Gasteiger partial charge on any atom is -0.462 e. The van der Waals surface area contributed by atoms with Crippen LogP contribution in [0.4, 0.5) is 5.00 Å². The number of thiophene rings is 1. The number of anilines is 1. The van der Waals surface area contributed by atoms with Gasteiger partial charge in [0.05, 0.1) is 12.2 Å². The van der Waals surface area contributed by atoms with Gasteiger partial charge in [0.15, 0.2) is 11.5 Å². The van der Waals surface area contributed by atoms with E-state index in [2.05, 4.69) is 5.32 Å². The fraction of sp³-hybridized carbons (Fsp3) is 0.364. The van der Waals surface area contributed by atoms with Crippen LogP contribution in [0, 0.1) is 0 Å². The summed E-state index contributed by atoms with van der Waals surface area (Å²) in [5.41, 5.74) is 2.40. The molecule has 1 aromatic carbocycles. The molecule has 2 aromatic rings. The number of carbonyl (C=O) groups is 2. The van der Waals surface area contributed by atoms with Crippen molar-refractivity contribution in [1.29, 1.82) is 0 Å². The van der Waals surface area contributed by atoms with E-state index in [1.165, 1.54) is 22.3 Å². The summed E-state index contributed by atoms with van der Waals surface area (Å²) in [6.45, 7) is 2.55. The van der Waals surface area contributed by atoms with Gasteiger partial charge in [-0.1, -0.05) is 13.0 Å². The Morgan fingerprint density at radius 3 is 2.90 bits per heavy atom. The lowest BCUT2D eigenvalue weighted by molar-refractivity contribution is -0.111. The number of rotatable bonds is 6. The third kappa shape index (κ3) is 4.29. The molecule has 0 saturated carbocycles. The van der Waals surface area contributed by atoms with Gasteiger partial charge in [0.25, 0.3) is 0 Å². The minimum absolute atomic E-state index is 0.211. The van der Waals surface area contributed by atoms with E-state index in [9.17, 15) is 9.59 Å². The molecule has 0 saturated heterocycles. The summed E-state index contributed by atoms with van der Waals surface area (Å²) >= 11 is 1.49. The molecular weight excluding hydrogens is 390 g/mol. The van der Waals surface area contributed by atoms with Gasteiger partial charge in [-0.05, 0) is 61.4 Å². The molecule has 1 amide bonds. The van der Waals surface area contributed by atoms with E-state index in [4.69, 9.17) is 14.2 Å². The van der Waals surface area contributed by atoms with Gasteiger partial charge in [0.2, 0.25) is 12.7 Å². The van der Waals surface area contributed by atoms with Crippen LogP contribution in [0.25, 0.3) is 6.08 Å². The summed E-state index contributed by atoms with van der Waals surface area (Å²) in [6.07, 6.45) is 7.88. The first-order valence-electron chi connectivity index (χ1n) is 9.86. The molecule has 0 atom stereocenters. The van der Waals surface area contributed by atoms with Gasteiger partial charge in [0.1, 0.15) is 5.00 Å². The topological polar surface area (TPSA) is 73.9 Å². The van der Waals surface area contributed by atoms with Crippen molar-refractivity contribution in [2.45, 2.75) is 39.0 Å². The number of esters is 1. The van der Waals surface area contributed by atoms with Crippen molar-refractivity contribution < 1.29 is 23.8 Å². The van der Waals surface area contributed by atoms with Crippen LogP contribution < -0.4 is 14.8 Å². The quantitative estimate of drug-likeness (QED) is 0.555. The van der Waals surface area contributed by atoms with Crippen molar-refractivity contribution in [2.75, 3.05) is 18.7 Å². The van der Waals surface area contributed by atoms with Crippen LogP contribution in [0.15, 0.2) is 24.3 Å². The van der Waals surface area contributed by atoms with Gasteiger partial charge in [-0.25, -0.2) is 4.79 Å². The van der Waals surface area contributed by atoms with E-state index in [0.29, 0.717) is 28.7 Å². The van der Waals surface area contributed by atoms with Crippen molar-refractivity contribution in [2.24, 2.45) is 0 Å². The van der Waals surface area contributed by atoms with E-state index in [1.807, 2.05) is 25.1 Å². The Bertz CT molecular complexity index is 962. The molecule has 0 fully saturated rings. The number of nitrogens with one attached hydrogen (secondary N) is 1. The second-order valence-electron chi connectivity index (χ2n) is 6.99. The fourth-order valence-electron chi connectivity index (χ4n) is 3.48. The zero-order chi connectivity index (χ0) is 20.2. The zero-order valence-corrected chi connectivity index (χ0v) is 17.1. The highest BCUT2D eigenvalue weighted by atomic mass is 32.1. The van der Waals surface area contributed by atoms with Crippen LogP contribution in [-0.4, -0.2) is 25.3 Å². The van der Waals surface area contributed by atoms with E-state index < -0.39 is 0 Å². The normalized spacial score (nSPS) is 14.7. The van der Waals surface area contributed by atoms with Crippen LogP contribution in [0.2, 0.25) is 0 Å². The van der Waals surface area contributed by atoms with Crippen molar-refractivity contribution in [3.63, 3.8) is 0 Å². The van der Waals surface area contributed by atoms with Crippen LogP contribution in [-0.2, 0) is 22.4 Å². The number of carbonyl (C=O) groups excluding carboxylic acids is 2. The maximum atomic E-state index is 12.6. The molecule has 2 aliphatic rings. The molecule has 7 heteroatoms. The number of hydrogen-bond donors (Lipinski definition) is 1. The molecule has 1 aliphatic heterocycles. The molecule has 1 aliphatic carbocycles. The van der Waals surface area contributed by atoms with E-state index >= 15 is 0 Å². The molecule has 1 aromatic heterocycles. The lowest BCUT2D eigenvalue weighted by atomic mass is 9.95. The molecule has 0 unspecified atom stereocenters. The maximum Gasteiger partial charge on any atom is 0.341 e. The summed E-state index contributed by atoms with van der Waals surface area (Å²) < 4.78 is 16.0. The van der Waals surface area contributed by atoms with Crippen molar-refractivity contribution in [3.05, 3.63) is 45.8 Å². The van der Waals surface area contributed by atoms with E-state index in [-0.39, 0.29) is 18.7 Å². The Morgan fingerprint density at radius 2 is 2.03 bits per heavy atom. The highest BCUT2D eigenvalue weighted by Crippen LogP contribution is 2.38. The van der Waals surface area contributed by atoms with Gasteiger partial charge in [-0.3, -0.25) is 4.79 Å². The number of ether oxygens (including phenoxy) is 3. The summed E-state index contributed by atoms with van der Waals surface area (Å²) in [7, 11) is 0. The smallest absolute Gasteiger partial charge is 0.341 e. The third-order valence-corrected chi connectivity index (χ3v) is 6.08.